The van der Waals surface area contributed by atoms with E-state index in [1.165, 1.54) is 0 Å². The number of aryl methyl sites for hydroxylation is 1. The second-order valence-corrected chi connectivity index (χ2v) is 7.62. The Morgan fingerprint density at radius 2 is 1.06 bits per heavy atom. The normalized spacial score (nSPS) is 10.3. The summed E-state index contributed by atoms with van der Waals surface area (Å²) in [5, 5.41) is 5.60. The topological polar surface area (TPSA) is 84.5 Å². The summed E-state index contributed by atoms with van der Waals surface area (Å²) in [5.74, 6) is -0.731. The van der Waals surface area contributed by atoms with Gasteiger partial charge in [-0.15, -0.1) is 0 Å². The van der Waals surface area contributed by atoms with Crippen LogP contribution in [0.4, 0.5) is 11.4 Å². The molecular formula is C27H28N2O4. The quantitative estimate of drug-likeness (QED) is 0.418. The van der Waals surface area contributed by atoms with Crippen LogP contribution in [0.5, 0.6) is 0 Å². The Bertz CT molecular complexity index is 1030. The largest absolute Gasteiger partial charge is 0.465 e. The minimum Gasteiger partial charge on any atom is -0.465 e. The number of carbonyl (C=O) groups excluding carboxylic acids is 3. The first-order valence-corrected chi connectivity index (χ1v) is 11.0. The van der Waals surface area contributed by atoms with E-state index in [2.05, 4.69) is 10.6 Å². The van der Waals surface area contributed by atoms with Gasteiger partial charge in [0.25, 0.3) is 0 Å². The molecule has 2 N–H and O–H groups in total. The predicted octanol–water partition coefficient (Wildman–Crippen LogP) is 4.76. The molecule has 6 heteroatoms. The van der Waals surface area contributed by atoms with E-state index >= 15 is 0 Å². The van der Waals surface area contributed by atoms with Gasteiger partial charge in [0.1, 0.15) is 0 Å². The summed E-state index contributed by atoms with van der Waals surface area (Å²) in [4.78, 5) is 36.1. The van der Waals surface area contributed by atoms with Crippen molar-refractivity contribution in [2.24, 2.45) is 0 Å². The first-order valence-electron chi connectivity index (χ1n) is 11.0. The van der Waals surface area contributed by atoms with E-state index in [0.29, 0.717) is 37.2 Å². The van der Waals surface area contributed by atoms with Crippen molar-refractivity contribution in [2.75, 3.05) is 17.2 Å². The van der Waals surface area contributed by atoms with Crippen LogP contribution in [0.1, 0.15) is 30.4 Å². The first-order chi connectivity index (χ1) is 16.1. The Morgan fingerprint density at radius 1 is 0.576 bits per heavy atom. The number of amides is 2. The number of esters is 1. The molecule has 3 aromatic carbocycles. The lowest BCUT2D eigenvalue weighted by Gasteiger charge is -2.08. The molecule has 33 heavy (non-hydrogen) atoms. The maximum atomic E-state index is 12.1. The van der Waals surface area contributed by atoms with Gasteiger partial charge in [0.2, 0.25) is 11.8 Å². The van der Waals surface area contributed by atoms with Crippen LogP contribution in [0.3, 0.4) is 0 Å². The van der Waals surface area contributed by atoms with Crippen molar-refractivity contribution in [1.29, 1.82) is 0 Å². The zero-order valence-corrected chi connectivity index (χ0v) is 18.5. The fourth-order valence-corrected chi connectivity index (χ4v) is 3.20. The van der Waals surface area contributed by atoms with E-state index < -0.39 is 5.97 Å². The van der Waals surface area contributed by atoms with E-state index in [4.69, 9.17) is 4.74 Å². The highest BCUT2D eigenvalue weighted by molar-refractivity contribution is 5.94. The van der Waals surface area contributed by atoms with Gasteiger partial charge < -0.3 is 15.4 Å². The van der Waals surface area contributed by atoms with Crippen molar-refractivity contribution in [2.45, 2.75) is 32.1 Å². The third-order valence-corrected chi connectivity index (χ3v) is 4.99. The van der Waals surface area contributed by atoms with E-state index in [9.17, 15) is 14.4 Å². The third-order valence-electron chi connectivity index (χ3n) is 4.99. The van der Waals surface area contributed by atoms with Gasteiger partial charge in [-0.3, -0.25) is 14.4 Å². The van der Waals surface area contributed by atoms with Crippen LogP contribution in [-0.4, -0.2) is 24.4 Å². The molecule has 0 unspecified atom stereocenters. The smallest absolute Gasteiger partial charge is 0.306 e. The number of hydrogen-bond donors (Lipinski definition) is 2. The second-order valence-electron chi connectivity index (χ2n) is 7.62. The zero-order valence-electron chi connectivity index (χ0n) is 18.5. The van der Waals surface area contributed by atoms with E-state index in [1.54, 1.807) is 24.3 Å². The maximum Gasteiger partial charge on any atom is 0.306 e. The van der Waals surface area contributed by atoms with Crippen molar-refractivity contribution >= 4 is 29.2 Å². The molecule has 2 amide bonds. The number of rotatable bonds is 11. The predicted molar refractivity (Wildman–Crippen MR) is 129 cm³/mol. The Kier molecular flexibility index (Phi) is 9.21. The summed E-state index contributed by atoms with van der Waals surface area (Å²) in [6.07, 6.45) is 1.78. The molecule has 0 spiro atoms. The molecule has 170 valence electrons. The molecular weight excluding hydrogens is 416 g/mol. The Balaban J connectivity index is 1.32. The molecule has 3 rings (SSSR count). The standard InChI is InChI=1S/C27H28N2O4/c30-25(16-11-21-7-3-1-4-8-21)28-23-12-14-24(15-13-23)29-26(31)17-18-27(32)33-20-19-22-9-5-2-6-10-22/h1-10,12-15H,11,16-20H2,(H,28,30)(H,29,31). The van der Waals surface area contributed by atoms with Gasteiger partial charge in [-0.05, 0) is 41.8 Å². The lowest BCUT2D eigenvalue weighted by atomic mass is 10.1. The van der Waals surface area contributed by atoms with Crippen molar-refractivity contribution in [1.82, 2.24) is 0 Å². The van der Waals surface area contributed by atoms with Gasteiger partial charge in [-0.2, -0.15) is 0 Å². The monoisotopic (exact) mass is 444 g/mol. The minimum absolute atomic E-state index is 0.0240. The summed E-state index contributed by atoms with van der Waals surface area (Å²) in [5.41, 5.74) is 3.47. The van der Waals surface area contributed by atoms with Crippen molar-refractivity contribution in [3.63, 3.8) is 0 Å². The molecule has 0 saturated heterocycles. The summed E-state index contributed by atoms with van der Waals surface area (Å²) in [6, 6.07) is 26.5. The molecule has 0 bridgehead atoms. The number of benzene rings is 3. The molecule has 0 aromatic heterocycles. The number of anilines is 2. The Labute approximate surface area is 194 Å². The van der Waals surface area contributed by atoms with E-state index in [-0.39, 0.29) is 24.7 Å². The van der Waals surface area contributed by atoms with Crippen LogP contribution in [0.15, 0.2) is 84.9 Å². The fourth-order valence-electron chi connectivity index (χ4n) is 3.20. The summed E-state index contributed by atoms with van der Waals surface area (Å²) < 4.78 is 5.19. The maximum absolute atomic E-state index is 12.1. The molecule has 0 aliphatic heterocycles. The van der Waals surface area contributed by atoms with Gasteiger partial charge >= 0.3 is 5.97 Å². The van der Waals surface area contributed by atoms with Gasteiger partial charge in [0.05, 0.1) is 13.0 Å². The number of nitrogens with one attached hydrogen (secondary N) is 2. The zero-order chi connectivity index (χ0) is 23.3. The highest BCUT2D eigenvalue weighted by Crippen LogP contribution is 2.15. The van der Waals surface area contributed by atoms with Crippen molar-refractivity contribution < 1.29 is 19.1 Å². The second kappa shape index (κ2) is 12.8. The highest BCUT2D eigenvalue weighted by Gasteiger charge is 2.09. The van der Waals surface area contributed by atoms with Crippen LogP contribution in [-0.2, 0) is 32.0 Å². The van der Waals surface area contributed by atoms with E-state index in [0.717, 1.165) is 11.1 Å². The SMILES string of the molecule is O=C(CCC(=O)OCCc1ccccc1)Nc1ccc(NC(=O)CCc2ccccc2)cc1. The summed E-state index contributed by atoms with van der Waals surface area (Å²) in [7, 11) is 0. The molecule has 3 aromatic rings. The third kappa shape index (κ3) is 8.99. The Hall–Kier alpha value is -3.93. The number of hydrogen-bond acceptors (Lipinski definition) is 4. The molecule has 0 aliphatic rings. The van der Waals surface area contributed by atoms with Crippen LogP contribution in [0, 0.1) is 0 Å². The van der Waals surface area contributed by atoms with Crippen LogP contribution in [0.25, 0.3) is 0 Å². The molecule has 0 saturated carbocycles. The van der Waals surface area contributed by atoms with Crippen molar-refractivity contribution in [3.05, 3.63) is 96.1 Å². The lowest BCUT2D eigenvalue weighted by Crippen LogP contribution is -2.15. The average molecular weight is 445 g/mol. The average Bonchev–Trinajstić information content (AvgIpc) is 2.84. The molecule has 0 radical (unpaired) electrons. The highest BCUT2D eigenvalue weighted by atomic mass is 16.5. The summed E-state index contributed by atoms with van der Waals surface area (Å²) >= 11 is 0. The lowest BCUT2D eigenvalue weighted by molar-refractivity contribution is -0.144. The van der Waals surface area contributed by atoms with Gasteiger partial charge in [-0.1, -0.05) is 60.7 Å². The minimum atomic E-state index is -0.394. The van der Waals surface area contributed by atoms with Gasteiger partial charge in [0, 0.05) is 30.6 Å². The number of carbonyl (C=O) groups is 3. The number of ether oxygens (including phenoxy) is 1. The summed E-state index contributed by atoms with van der Waals surface area (Å²) in [6.45, 7) is 0.295. The molecule has 6 nitrogen and oxygen atoms in total. The Morgan fingerprint density at radius 3 is 1.61 bits per heavy atom. The first kappa shape index (κ1) is 23.7. The fraction of sp³-hybridized carbons (Fsp3) is 0.222. The van der Waals surface area contributed by atoms with Crippen molar-refractivity contribution in [3.8, 4) is 0 Å². The molecule has 0 heterocycles. The van der Waals surface area contributed by atoms with Gasteiger partial charge in [-0.25, -0.2) is 0 Å². The van der Waals surface area contributed by atoms with Crippen LogP contribution >= 0.6 is 0 Å². The molecule has 0 aliphatic carbocycles. The molecule has 0 atom stereocenters. The van der Waals surface area contributed by atoms with Crippen LogP contribution < -0.4 is 10.6 Å². The van der Waals surface area contributed by atoms with E-state index in [1.807, 2.05) is 60.7 Å². The van der Waals surface area contributed by atoms with Gasteiger partial charge in [0.15, 0.2) is 0 Å². The van der Waals surface area contributed by atoms with Crippen LogP contribution in [0.2, 0.25) is 0 Å². The molecule has 0 fully saturated rings.